The fraction of sp³-hybridized carbons (Fsp3) is 0.0526. The summed E-state index contributed by atoms with van der Waals surface area (Å²) in [5.74, 6) is 1.66. The van der Waals surface area contributed by atoms with Gasteiger partial charge in [-0.2, -0.15) is 0 Å². The number of ether oxygens (including phenoxy) is 1. The van der Waals surface area contributed by atoms with Gasteiger partial charge in [-0.1, -0.05) is 91.0 Å². The Balaban J connectivity index is 1.38. The molecule has 0 saturated heterocycles. The van der Waals surface area contributed by atoms with Crippen LogP contribution in [0.2, 0.25) is 0 Å². The van der Waals surface area contributed by atoms with E-state index in [1.807, 2.05) is 42.5 Å². The molecule has 0 unspecified atom stereocenters. The normalized spacial score (nSPS) is 10.8. The summed E-state index contributed by atoms with van der Waals surface area (Å²) in [6.45, 7) is 4.43. The number of aryl methyl sites for hydroxylation is 2. The van der Waals surface area contributed by atoms with Gasteiger partial charge in [0.15, 0.2) is 0 Å². The molecule has 0 fully saturated rings. The van der Waals surface area contributed by atoms with Crippen LogP contribution in [-0.4, -0.2) is 0 Å². The van der Waals surface area contributed by atoms with Crippen LogP contribution >= 0.6 is 0 Å². The van der Waals surface area contributed by atoms with Crippen LogP contribution in [0.15, 0.2) is 152 Å². The Morgan fingerprint density at radius 1 is 0.425 bits per heavy atom. The molecule has 0 aliphatic carbocycles. The number of nitrogens with zero attached hydrogens (tertiary/aromatic N) is 1. The highest BCUT2D eigenvalue weighted by Crippen LogP contribution is 2.41. The van der Waals surface area contributed by atoms with Crippen LogP contribution in [-0.2, 0) is 0 Å². The Bertz CT molecular complexity index is 1650. The molecule has 6 aromatic carbocycles. The minimum atomic E-state index is 0.825. The molecule has 6 aromatic rings. The van der Waals surface area contributed by atoms with E-state index in [2.05, 4.69) is 128 Å². The third-order valence-corrected chi connectivity index (χ3v) is 7.15. The maximum Gasteiger partial charge on any atom is 0.127 e. The smallest absolute Gasteiger partial charge is 0.127 e. The first-order chi connectivity index (χ1) is 19.7. The van der Waals surface area contributed by atoms with Gasteiger partial charge >= 0.3 is 0 Å². The first-order valence-corrected chi connectivity index (χ1v) is 13.6. The van der Waals surface area contributed by atoms with Crippen molar-refractivity contribution in [3.8, 4) is 33.8 Å². The molecular formula is C38H31NO. The molecule has 0 aromatic heterocycles. The molecule has 0 bridgehead atoms. The average molecular weight is 518 g/mol. The summed E-state index contributed by atoms with van der Waals surface area (Å²) in [5.41, 5.74) is 10.8. The van der Waals surface area contributed by atoms with Gasteiger partial charge in [-0.05, 0) is 108 Å². The second kappa shape index (κ2) is 11.3. The zero-order valence-corrected chi connectivity index (χ0v) is 22.8. The van der Waals surface area contributed by atoms with E-state index in [1.165, 1.54) is 27.8 Å². The average Bonchev–Trinajstić information content (AvgIpc) is 2.99. The Kier molecular flexibility index (Phi) is 7.15. The van der Waals surface area contributed by atoms with Crippen molar-refractivity contribution in [2.75, 3.05) is 4.90 Å². The molecule has 0 radical (unpaired) electrons. The van der Waals surface area contributed by atoms with Crippen molar-refractivity contribution < 1.29 is 4.74 Å². The number of hydrogen-bond donors (Lipinski definition) is 0. The molecule has 0 spiro atoms. The second-order valence-electron chi connectivity index (χ2n) is 9.95. The number of benzene rings is 6. The van der Waals surface area contributed by atoms with Crippen LogP contribution < -0.4 is 9.64 Å². The molecule has 40 heavy (non-hydrogen) atoms. The van der Waals surface area contributed by atoms with Crippen LogP contribution in [0.3, 0.4) is 0 Å². The summed E-state index contributed by atoms with van der Waals surface area (Å²) in [6, 6.07) is 52.6. The highest BCUT2D eigenvalue weighted by molar-refractivity contribution is 5.88. The van der Waals surface area contributed by atoms with E-state index in [1.54, 1.807) is 0 Å². The van der Waals surface area contributed by atoms with E-state index in [0.717, 1.165) is 34.1 Å². The molecular weight excluding hydrogens is 486 g/mol. The summed E-state index contributed by atoms with van der Waals surface area (Å²) in [6.07, 6.45) is 0. The highest BCUT2D eigenvalue weighted by Gasteiger charge is 2.17. The lowest BCUT2D eigenvalue weighted by atomic mass is 9.89. The molecule has 0 atom stereocenters. The summed E-state index contributed by atoms with van der Waals surface area (Å²) >= 11 is 0. The van der Waals surface area contributed by atoms with Crippen molar-refractivity contribution in [2.24, 2.45) is 0 Å². The standard InChI is InChI=1S/C38H31NO/c1-28-26-33(39(31-14-6-3-7-15-31)32-16-8-4-9-17-32)27-29(2)38(28)37-21-13-12-20-36(37)30-22-24-35(25-23-30)40-34-18-10-5-11-19-34/h3-27H,1-2H3. The lowest BCUT2D eigenvalue weighted by Gasteiger charge is -2.27. The van der Waals surface area contributed by atoms with Gasteiger partial charge in [0, 0.05) is 17.1 Å². The van der Waals surface area contributed by atoms with E-state index in [9.17, 15) is 0 Å². The third kappa shape index (κ3) is 5.25. The van der Waals surface area contributed by atoms with Gasteiger partial charge in [-0.15, -0.1) is 0 Å². The summed E-state index contributed by atoms with van der Waals surface area (Å²) < 4.78 is 6.03. The zero-order chi connectivity index (χ0) is 27.3. The fourth-order valence-corrected chi connectivity index (χ4v) is 5.38. The summed E-state index contributed by atoms with van der Waals surface area (Å²) in [7, 11) is 0. The third-order valence-electron chi connectivity index (χ3n) is 7.15. The summed E-state index contributed by atoms with van der Waals surface area (Å²) in [4.78, 5) is 2.32. The molecule has 0 N–H and O–H groups in total. The fourth-order valence-electron chi connectivity index (χ4n) is 5.38. The SMILES string of the molecule is Cc1cc(N(c2ccccc2)c2ccccc2)cc(C)c1-c1ccccc1-c1ccc(Oc2ccccc2)cc1. The van der Waals surface area contributed by atoms with Crippen LogP contribution in [0.1, 0.15) is 11.1 Å². The second-order valence-corrected chi connectivity index (χ2v) is 9.95. The topological polar surface area (TPSA) is 12.5 Å². The van der Waals surface area contributed by atoms with Crippen LogP contribution in [0.4, 0.5) is 17.1 Å². The maximum atomic E-state index is 6.03. The molecule has 0 aliphatic rings. The Morgan fingerprint density at radius 3 is 1.43 bits per heavy atom. The van der Waals surface area contributed by atoms with Crippen molar-refractivity contribution in [3.63, 3.8) is 0 Å². The van der Waals surface area contributed by atoms with Gasteiger partial charge in [0.2, 0.25) is 0 Å². The van der Waals surface area contributed by atoms with Crippen LogP contribution in [0, 0.1) is 13.8 Å². The Hall–Kier alpha value is -5.08. The van der Waals surface area contributed by atoms with Crippen molar-refractivity contribution in [1.29, 1.82) is 0 Å². The maximum absolute atomic E-state index is 6.03. The molecule has 2 heteroatoms. The van der Waals surface area contributed by atoms with E-state index < -0.39 is 0 Å². The summed E-state index contributed by atoms with van der Waals surface area (Å²) in [5, 5.41) is 0. The van der Waals surface area contributed by atoms with E-state index in [0.29, 0.717) is 0 Å². The molecule has 0 saturated carbocycles. The van der Waals surface area contributed by atoms with Crippen molar-refractivity contribution in [3.05, 3.63) is 163 Å². The predicted molar refractivity (Wildman–Crippen MR) is 168 cm³/mol. The first kappa shape index (κ1) is 25.2. The van der Waals surface area contributed by atoms with Crippen LogP contribution in [0.5, 0.6) is 11.5 Å². The Labute approximate surface area is 236 Å². The van der Waals surface area contributed by atoms with Crippen molar-refractivity contribution >= 4 is 17.1 Å². The zero-order valence-electron chi connectivity index (χ0n) is 22.8. The minimum Gasteiger partial charge on any atom is -0.457 e. The van der Waals surface area contributed by atoms with Gasteiger partial charge in [0.1, 0.15) is 11.5 Å². The Morgan fingerprint density at radius 2 is 0.875 bits per heavy atom. The largest absolute Gasteiger partial charge is 0.457 e. The minimum absolute atomic E-state index is 0.825. The van der Waals surface area contributed by atoms with Gasteiger partial charge in [-0.3, -0.25) is 0 Å². The van der Waals surface area contributed by atoms with Crippen LogP contribution in [0.25, 0.3) is 22.3 Å². The molecule has 0 heterocycles. The van der Waals surface area contributed by atoms with Gasteiger partial charge in [0.25, 0.3) is 0 Å². The molecule has 6 rings (SSSR count). The molecule has 194 valence electrons. The van der Waals surface area contributed by atoms with Gasteiger partial charge < -0.3 is 9.64 Å². The predicted octanol–water partition coefficient (Wildman–Crippen LogP) is 10.9. The number of hydrogen-bond acceptors (Lipinski definition) is 2. The van der Waals surface area contributed by atoms with E-state index in [4.69, 9.17) is 4.74 Å². The number of anilines is 3. The lowest BCUT2D eigenvalue weighted by molar-refractivity contribution is 0.483. The van der Waals surface area contributed by atoms with E-state index >= 15 is 0 Å². The molecule has 2 nitrogen and oxygen atoms in total. The van der Waals surface area contributed by atoms with Gasteiger partial charge in [0.05, 0.1) is 0 Å². The first-order valence-electron chi connectivity index (χ1n) is 13.6. The number of para-hydroxylation sites is 3. The van der Waals surface area contributed by atoms with Crippen molar-refractivity contribution in [2.45, 2.75) is 13.8 Å². The quantitative estimate of drug-likeness (QED) is 0.209. The van der Waals surface area contributed by atoms with E-state index in [-0.39, 0.29) is 0 Å². The van der Waals surface area contributed by atoms with Crippen molar-refractivity contribution in [1.82, 2.24) is 0 Å². The lowest BCUT2D eigenvalue weighted by Crippen LogP contribution is -2.10. The monoisotopic (exact) mass is 517 g/mol. The molecule has 0 aliphatic heterocycles. The highest BCUT2D eigenvalue weighted by atomic mass is 16.5. The molecule has 0 amide bonds. The number of rotatable bonds is 7. The van der Waals surface area contributed by atoms with Gasteiger partial charge in [-0.25, -0.2) is 0 Å².